The van der Waals surface area contributed by atoms with Gasteiger partial charge in [-0.25, -0.2) is 0 Å². The summed E-state index contributed by atoms with van der Waals surface area (Å²) in [6.07, 6.45) is 4.76. The van der Waals surface area contributed by atoms with Crippen molar-refractivity contribution in [2.24, 2.45) is 5.28 Å². The van der Waals surface area contributed by atoms with Gasteiger partial charge in [0.1, 0.15) is 0 Å². The van der Waals surface area contributed by atoms with Crippen molar-refractivity contribution in [1.29, 1.82) is 5.41 Å². The van der Waals surface area contributed by atoms with Crippen LogP contribution in [-0.2, 0) is 11.3 Å². The van der Waals surface area contributed by atoms with Gasteiger partial charge in [0.05, 0.1) is 6.54 Å². The van der Waals surface area contributed by atoms with Crippen LogP contribution < -0.4 is 0 Å². The smallest absolute Gasteiger partial charge is 0.295 e. The Labute approximate surface area is 144 Å². The van der Waals surface area contributed by atoms with E-state index in [1.165, 1.54) is 24.8 Å². The van der Waals surface area contributed by atoms with Gasteiger partial charge in [-0.3, -0.25) is 15.1 Å². The van der Waals surface area contributed by atoms with Gasteiger partial charge >= 0.3 is 0 Å². The summed E-state index contributed by atoms with van der Waals surface area (Å²) < 4.78 is 1.98. The summed E-state index contributed by atoms with van der Waals surface area (Å²) in [6.45, 7) is 5.26. The molecule has 0 aromatic heterocycles. The summed E-state index contributed by atoms with van der Waals surface area (Å²) in [5, 5.41) is 12.2. The molecule has 2 atom stereocenters. The van der Waals surface area contributed by atoms with Crippen LogP contribution in [0.5, 0.6) is 0 Å². The molecule has 1 aromatic carbocycles. The van der Waals surface area contributed by atoms with E-state index in [-0.39, 0.29) is 30.4 Å². The van der Waals surface area contributed by atoms with Crippen molar-refractivity contribution in [3.05, 3.63) is 35.9 Å². The summed E-state index contributed by atoms with van der Waals surface area (Å²) in [4.78, 5) is 7.63. The second-order valence-electron chi connectivity index (χ2n) is 6.33. The van der Waals surface area contributed by atoms with Crippen molar-refractivity contribution >= 4 is 18.3 Å². The Balaban J connectivity index is 0.00000192. The van der Waals surface area contributed by atoms with Gasteiger partial charge in [0.15, 0.2) is 11.3 Å². The van der Waals surface area contributed by atoms with E-state index in [1.807, 2.05) is 10.8 Å². The lowest BCUT2D eigenvalue weighted by atomic mass is 10.1. The molecule has 126 valence electrons. The van der Waals surface area contributed by atoms with Gasteiger partial charge in [0, 0.05) is 13.3 Å². The van der Waals surface area contributed by atoms with Crippen molar-refractivity contribution in [1.82, 2.24) is 4.90 Å². The number of piperidine rings is 1. The number of hydrogen-bond donors (Lipinski definition) is 1. The molecular formula is C17H26ClN4O+. The number of benzene rings is 1. The van der Waals surface area contributed by atoms with Crippen LogP contribution in [0.4, 0.5) is 0 Å². The van der Waals surface area contributed by atoms with E-state index in [9.17, 15) is 0 Å². The fourth-order valence-electron chi connectivity index (χ4n) is 3.32. The number of nitrogens with one attached hydrogen (secondary N) is 1. The number of rotatable bonds is 5. The van der Waals surface area contributed by atoms with E-state index in [0.29, 0.717) is 0 Å². The van der Waals surface area contributed by atoms with Crippen LogP contribution in [0.3, 0.4) is 0 Å². The van der Waals surface area contributed by atoms with Crippen LogP contribution in [0.25, 0.3) is 0 Å². The number of likely N-dealkylation sites (tertiary alicyclic amines) is 1. The first kappa shape index (κ1) is 17.9. The molecule has 5 nitrogen and oxygen atoms in total. The zero-order chi connectivity index (χ0) is 15.4. The Hall–Kier alpha value is -1.46. The van der Waals surface area contributed by atoms with E-state index < -0.39 is 0 Å². The molecule has 0 bridgehead atoms. The zero-order valence-electron chi connectivity index (χ0n) is 13.6. The minimum Gasteiger partial charge on any atom is -0.296 e. The molecule has 0 spiro atoms. The molecule has 2 heterocycles. The van der Waals surface area contributed by atoms with Crippen molar-refractivity contribution in [3.8, 4) is 0 Å². The predicted octanol–water partition coefficient (Wildman–Crippen LogP) is 3.28. The van der Waals surface area contributed by atoms with E-state index in [2.05, 4.69) is 41.4 Å². The molecule has 1 N–H and O–H groups in total. The summed E-state index contributed by atoms with van der Waals surface area (Å²) in [6, 6.07) is 10.6. The first-order valence-electron chi connectivity index (χ1n) is 8.25. The zero-order valence-corrected chi connectivity index (χ0v) is 14.5. The van der Waals surface area contributed by atoms with Gasteiger partial charge < -0.3 is 0 Å². The highest BCUT2D eigenvalue weighted by Gasteiger charge is 2.41. The molecule has 3 rings (SSSR count). The van der Waals surface area contributed by atoms with E-state index in [4.69, 9.17) is 10.2 Å². The lowest BCUT2D eigenvalue weighted by molar-refractivity contribution is -0.645. The SMILES string of the molecule is CC(Cc1ccccc1)[N+]1=NOC(=N)C1CN1CCCCC1.Cl. The Morgan fingerprint density at radius 1 is 1.26 bits per heavy atom. The Bertz CT molecular complexity index is 543. The lowest BCUT2D eigenvalue weighted by Crippen LogP contribution is -2.45. The molecule has 0 radical (unpaired) electrons. The first-order valence-corrected chi connectivity index (χ1v) is 8.25. The average molecular weight is 338 g/mol. The molecular weight excluding hydrogens is 312 g/mol. The topological polar surface area (TPSA) is 51.7 Å². The van der Waals surface area contributed by atoms with Crippen molar-refractivity contribution in [2.45, 2.75) is 44.7 Å². The number of hydrogen-bond acceptors (Lipinski definition) is 4. The molecule has 23 heavy (non-hydrogen) atoms. The molecule has 2 aliphatic rings. The summed E-state index contributed by atoms with van der Waals surface area (Å²) >= 11 is 0. The summed E-state index contributed by atoms with van der Waals surface area (Å²) in [7, 11) is 0. The van der Waals surface area contributed by atoms with Crippen LogP contribution in [-0.4, -0.2) is 47.2 Å². The fourth-order valence-corrected chi connectivity index (χ4v) is 3.32. The maximum atomic E-state index is 8.04. The van der Waals surface area contributed by atoms with Gasteiger partial charge in [-0.05, 0) is 31.5 Å². The van der Waals surface area contributed by atoms with Gasteiger partial charge in [-0.15, -0.1) is 12.4 Å². The highest BCUT2D eigenvalue weighted by molar-refractivity contribution is 5.85. The molecule has 0 aliphatic carbocycles. The second kappa shape index (κ2) is 8.41. The summed E-state index contributed by atoms with van der Waals surface area (Å²) in [5.41, 5.74) is 1.29. The van der Waals surface area contributed by atoms with Crippen LogP contribution in [0.2, 0.25) is 0 Å². The average Bonchev–Trinajstić information content (AvgIpc) is 2.90. The minimum atomic E-state index is -0.0446. The predicted molar refractivity (Wildman–Crippen MR) is 92.4 cm³/mol. The lowest BCUT2D eigenvalue weighted by Gasteiger charge is -2.26. The fraction of sp³-hybridized carbons (Fsp3) is 0.588. The minimum absolute atomic E-state index is 0. The standard InChI is InChI=1S/C17H25N4O.ClH/c1-14(12-15-8-4-2-5-9-15)21-16(17(18)22-19-21)13-20-10-6-3-7-11-20;/h2,4-5,8-9,14,16,18H,3,6-7,10-13H2,1H3;1H/q+1;. The van der Waals surface area contributed by atoms with Crippen LogP contribution in [0.15, 0.2) is 35.6 Å². The number of nitrogens with zero attached hydrogens (tertiary/aromatic N) is 3. The Kier molecular flexibility index (Phi) is 6.54. The molecule has 2 unspecified atom stereocenters. The third kappa shape index (κ3) is 4.52. The Morgan fingerprint density at radius 3 is 2.65 bits per heavy atom. The third-order valence-electron chi connectivity index (χ3n) is 4.56. The first-order chi connectivity index (χ1) is 10.7. The molecule has 6 heteroatoms. The van der Waals surface area contributed by atoms with Crippen LogP contribution in [0, 0.1) is 5.41 Å². The third-order valence-corrected chi connectivity index (χ3v) is 4.56. The van der Waals surface area contributed by atoms with E-state index in [0.717, 1.165) is 26.1 Å². The Morgan fingerprint density at radius 2 is 1.96 bits per heavy atom. The molecule has 0 amide bonds. The molecule has 0 saturated carbocycles. The molecule has 2 aliphatic heterocycles. The number of halogens is 1. The molecule has 1 aromatic rings. The van der Waals surface area contributed by atoms with Gasteiger partial charge in [-0.1, -0.05) is 41.5 Å². The maximum Gasteiger partial charge on any atom is 0.295 e. The van der Waals surface area contributed by atoms with Gasteiger partial charge in [-0.2, -0.15) is 0 Å². The monoisotopic (exact) mass is 337 g/mol. The largest absolute Gasteiger partial charge is 0.296 e. The maximum absolute atomic E-state index is 8.04. The van der Waals surface area contributed by atoms with E-state index in [1.54, 1.807) is 0 Å². The second-order valence-corrected chi connectivity index (χ2v) is 6.33. The summed E-state index contributed by atoms with van der Waals surface area (Å²) in [5.74, 6) is 0.283. The van der Waals surface area contributed by atoms with Crippen LogP contribution >= 0.6 is 12.4 Å². The van der Waals surface area contributed by atoms with Gasteiger partial charge in [0.25, 0.3) is 11.9 Å². The highest BCUT2D eigenvalue weighted by Crippen LogP contribution is 2.17. The molecule has 1 saturated heterocycles. The van der Waals surface area contributed by atoms with Crippen molar-refractivity contribution in [2.75, 3.05) is 19.6 Å². The highest BCUT2D eigenvalue weighted by atomic mass is 35.5. The van der Waals surface area contributed by atoms with Crippen molar-refractivity contribution in [3.63, 3.8) is 0 Å². The quantitative estimate of drug-likeness (QED) is 0.838. The van der Waals surface area contributed by atoms with Gasteiger partial charge in [0.2, 0.25) is 0 Å². The normalized spacial score (nSPS) is 22.9. The van der Waals surface area contributed by atoms with Crippen molar-refractivity contribution < 1.29 is 9.53 Å². The van der Waals surface area contributed by atoms with E-state index >= 15 is 0 Å². The molecule has 1 fully saturated rings. The van der Waals surface area contributed by atoms with Crippen LogP contribution in [0.1, 0.15) is 31.7 Å².